The molecule has 16 heavy (non-hydrogen) atoms. The van der Waals surface area contributed by atoms with Crippen LogP contribution in [0, 0.1) is 0 Å². The van der Waals surface area contributed by atoms with Crippen LogP contribution in [0.5, 0.6) is 0 Å². The molecule has 2 N–H and O–H groups in total. The van der Waals surface area contributed by atoms with Gasteiger partial charge in [-0.25, -0.2) is 4.79 Å². The zero-order valence-electron chi connectivity index (χ0n) is 8.77. The first-order valence-electron chi connectivity index (χ1n) is 5.39. The first kappa shape index (κ1) is 10.2. The Balaban J connectivity index is 2.08. The van der Waals surface area contributed by atoms with Crippen LogP contribution < -0.4 is 5.32 Å². The van der Waals surface area contributed by atoms with E-state index in [9.17, 15) is 9.90 Å². The van der Waals surface area contributed by atoms with E-state index in [1.807, 2.05) is 11.8 Å². The smallest absolute Gasteiger partial charge is 0.354 e. The Morgan fingerprint density at radius 1 is 1.56 bits per heavy atom. The van der Waals surface area contributed by atoms with E-state index in [1.54, 1.807) is 4.68 Å². The number of aromatic nitrogens is 2. The molecule has 1 aromatic heterocycles. The zero-order valence-corrected chi connectivity index (χ0v) is 9.59. The second kappa shape index (κ2) is 3.78. The fourth-order valence-corrected chi connectivity index (χ4v) is 3.09. The standard InChI is InChI=1S/C10H13N3O2S/c14-10(15)9-7-1-2-16-5-8(7)12-13(9)6-3-11-4-6/h6,11H,1-5H2,(H,14,15). The van der Waals surface area contributed by atoms with Crippen molar-refractivity contribution in [3.63, 3.8) is 0 Å². The zero-order chi connectivity index (χ0) is 11.1. The molecule has 86 valence electrons. The maximum Gasteiger partial charge on any atom is 0.354 e. The summed E-state index contributed by atoms with van der Waals surface area (Å²) in [5.41, 5.74) is 2.35. The lowest BCUT2D eigenvalue weighted by atomic mass is 10.1. The second-order valence-corrected chi connectivity index (χ2v) is 5.24. The van der Waals surface area contributed by atoms with E-state index in [2.05, 4.69) is 10.4 Å². The quantitative estimate of drug-likeness (QED) is 0.787. The third-order valence-electron chi connectivity index (χ3n) is 3.14. The number of hydrogen-bond donors (Lipinski definition) is 2. The van der Waals surface area contributed by atoms with Crippen molar-refractivity contribution in [1.29, 1.82) is 0 Å². The Kier molecular flexibility index (Phi) is 2.40. The molecule has 0 radical (unpaired) electrons. The maximum atomic E-state index is 11.3. The molecular weight excluding hydrogens is 226 g/mol. The summed E-state index contributed by atoms with van der Waals surface area (Å²) in [6.45, 7) is 1.65. The molecule has 6 heteroatoms. The summed E-state index contributed by atoms with van der Waals surface area (Å²) >= 11 is 1.82. The predicted octanol–water partition coefficient (Wildman–Crippen LogP) is 0.515. The van der Waals surface area contributed by atoms with Crippen molar-refractivity contribution in [2.45, 2.75) is 18.2 Å². The van der Waals surface area contributed by atoms with E-state index in [-0.39, 0.29) is 6.04 Å². The van der Waals surface area contributed by atoms with Gasteiger partial charge in [0.2, 0.25) is 0 Å². The molecule has 2 aliphatic rings. The molecule has 3 rings (SSSR count). The number of carboxylic acids is 1. The van der Waals surface area contributed by atoms with Crippen LogP contribution in [0.4, 0.5) is 0 Å². The van der Waals surface area contributed by atoms with Crippen molar-refractivity contribution in [3.8, 4) is 0 Å². The Bertz CT molecular complexity index is 440. The summed E-state index contributed by atoms with van der Waals surface area (Å²) < 4.78 is 1.72. The molecule has 5 nitrogen and oxygen atoms in total. The Hall–Kier alpha value is -1.01. The van der Waals surface area contributed by atoms with Crippen LogP contribution in [0.25, 0.3) is 0 Å². The van der Waals surface area contributed by atoms with E-state index in [1.165, 1.54) is 0 Å². The van der Waals surface area contributed by atoms with Gasteiger partial charge in [0.25, 0.3) is 0 Å². The number of fused-ring (bicyclic) bond motifs is 1. The number of aromatic carboxylic acids is 1. The van der Waals surface area contributed by atoms with Gasteiger partial charge in [-0.15, -0.1) is 0 Å². The fraction of sp³-hybridized carbons (Fsp3) is 0.600. The highest BCUT2D eigenvalue weighted by molar-refractivity contribution is 7.98. The topological polar surface area (TPSA) is 67.1 Å². The van der Waals surface area contributed by atoms with Crippen LogP contribution >= 0.6 is 11.8 Å². The Morgan fingerprint density at radius 2 is 2.38 bits per heavy atom. The van der Waals surface area contributed by atoms with E-state index in [0.717, 1.165) is 42.3 Å². The lowest BCUT2D eigenvalue weighted by Gasteiger charge is -2.28. The SMILES string of the molecule is O=C(O)c1c2c(nn1C1CNC1)CSCC2. The number of thioether (sulfide) groups is 1. The summed E-state index contributed by atoms with van der Waals surface area (Å²) in [7, 11) is 0. The van der Waals surface area contributed by atoms with E-state index >= 15 is 0 Å². The molecule has 1 aromatic rings. The van der Waals surface area contributed by atoms with E-state index in [0.29, 0.717) is 5.69 Å². The van der Waals surface area contributed by atoms with Crippen LogP contribution in [0.3, 0.4) is 0 Å². The average Bonchev–Trinajstić information content (AvgIpc) is 2.53. The van der Waals surface area contributed by atoms with Gasteiger partial charge in [-0.3, -0.25) is 4.68 Å². The summed E-state index contributed by atoms with van der Waals surface area (Å²) in [4.78, 5) is 11.3. The van der Waals surface area contributed by atoms with Gasteiger partial charge >= 0.3 is 5.97 Å². The highest BCUT2D eigenvalue weighted by Gasteiger charge is 2.30. The van der Waals surface area contributed by atoms with Gasteiger partial charge in [-0.05, 0) is 12.2 Å². The van der Waals surface area contributed by atoms with Crippen LogP contribution in [0.1, 0.15) is 27.8 Å². The highest BCUT2D eigenvalue weighted by Crippen LogP contribution is 2.29. The number of carboxylic acid groups (broad SMARTS) is 1. The van der Waals surface area contributed by atoms with E-state index in [4.69, 9.17) is 0 Å². The number of rotatable bonds is 2. The number of nitrogens with zero attached hydrogens (tertiary/aromatic N) is 2. The first-order valence-corrected chi connectivity index (χ1v) is 6.55. The molecule has 0 saturated carbocycles. The van der Waals surface area contributed by atoms with Crippen molar-refractivity contribution in [2.24, 2.45) is 0 Å². The molecule has 0 aliphatic carbocycles. The average molecular weight is 239 g/mol. The van der Waals surface area contributed by atoms with Crippen LogP contribution in [0.15, 0.2) is 0 Å². The third kappa shape index (κ3) is 1.44. The van der Waals surface area contributed by atoms with Gasteiger partial charge in [0.05, 0.1) is 11.7 Å². The summed E-state index contributed by atoms with van der Waals surface area (Å²) in [5, 5.41) is 16.9. The van der Waals surface area contributed by atoms with Crippen molar-refractivity contribution in [2.75, 3.05) is 18.8 Å². The molecular formula is C10H13N3O2S. The monoisotopic (exact) mass is 239 g/mol. The van der Waals surface area contributed by atoms with Crippen molar-refractivity contribution >= 4 is 17.7 Å². The van der Waals surface area contributed by atoms with Crippen LogP contribution in [0.2, 0.25) is 0 Å². The Labute approximate surface area is 97.2 Å². The molecule has 1 saturated heterocycles. The van der Waals surface area contributed by atoms with Crippen LogP contribution in [-0.2, 0) is 12.2 Å². The molecule has 0 bridgehead atoms. The minimum atomic E-state index is -0.840. The summed E-state index contributed by atoms with van der Waals surface area (Å²) in [6, 6.07) is 0.224. The van der Waals surface area contributed by atoms with Gasteiger partial charge in [-0.2, -0.15) is 16.9 Å². The maximum absolute atomic E-state index is 11.3. The van der Waals surface area contributed by atoms with Crippen molar-refractivity contribution in [3.05, 3.63) is 17.0 Å². The van der Waals surface area contributed by atoms with Crippen molar-refractivity contribution < 1.29 is 9.90 Å². The number of hydrogen-bond acceptors (Lipinski definition) is 4. The number of nitrogens with one attached hydrogen (secondary N) is 1. The molecule has 0 spiro atoms. The first-order chi connectivity index (χ1) is 7.77. The minimum absolute atomic E-state index is 0.224. The molecule has 3 heterocycles. The summed E-state index contributed by atoms with van der Waals surface area (Å²) in [6.07, 6.45) is 0.835. The molecule has 0 amide bonds. The molecule has 1 fully saturated rings. The lowest BCUT2D eigenvalue weighted by Crippen LogP contribution is -2.44. The van der Waals surface area contributed by atoms with Gasteiger partial charge in [-0.1, -0.05) is 0 Å². The highest BCUT2D eigenvalue weighted by atomic mass is 32.2. The summed E-state index contributed by atoms with van der Waals surface area (Å²) in [5.74, 6) is 1.01. The molecule has 0 aromatic carbocycles. The van der Waals surface area contributed by atoms with Gasteiger partial charge in [0.15, 0.2) is 0 Å². The Morgan fingerprint density at radius 3 is 3.00 bits per heavy atom. The molecule has 2 aliphatic heterocycles. The normalized spacial score (nSPS) is 20.2. The van der Waals surface area contributed by atoms with Gasteiger partial charge < -0.3 is 10.4 Å². The molecule has 0 atom stereocenters. The fourth-order valence-electron chi connectivity index (χ4n) is 2.17. The lowest BCUT2D eigenvalue weighted by molar-refractivity contribution is 0.0676. The second-order valence-electron chi connectivity index (χ2n) is 4.14. The van der Waals surface area contributed by atoms with E-state index < -0.39 is 5.97 Å². The van der Waals surface area contributed by atoms with Gasteiger partial charge in [0.1, 0.15) is 5.69 Å². The van der Waals surface area contributed by atoms with Crippen molar-refractivity contribution in [1.82, 2.24) is 15.1 Å². The third-order valence-corrected chi connectivity index (χ3v) is 4.11. The largest absolute Gasteiger partial charge is 0.477 e. The van der Waals surface area contributed by atoms with Crippen LogP contribution in [-0.4, -0.2) is 39.7 Å². The predicted molar refractivity (Wildman–Crippen MR) is 61.0 cm³/mol. The molecule has 0 unspecified atom stereocenters. The number of carbonyl (C=O) groups is 1. The minimum Gasteiger partial charge on any atom is -0.477 e. The van der Waals surface area contributed by atoms with Gasteiger partial charge in [0, 0.05) is 24.4 Å².